The maximum atomic E-state index is 12.0. The highest BCUT2D eigenvalue weighted by atomic mass is 16.6. The van der Waals surface area contributed by atoms with Gasteiger partial charge in [0.1, 0.15) is 5.60 Å². The van der Waals surface area contributed by atoms with Gasteiger partial charge in [-0.15, -0.1) is 0 Å². The number of likely N-dealkylation sites (tertiary alicyclic amines) is 1. The molecule has 2 fully saturated rings. The number of ether oxygens (including phenoxy) is 1. The van der Waals surface area contributed by atoms with Gasteiger partial charge in [0.2, 0.25) is 0 Å². The number of nitrogens with zero attached hydrogens (tertiary/aromatic N) is 5. The first-order chi connectivity index (χ1) is 17.7. The quantitative estimate of drug-likeness (QED) is 0.497. The Labute approximate surface area is 224 Å². The second kappa shape index (κ2) is 14.6. The van der Waals surface area contributed by atoms with E-state index in [1.807, 2.05) is 52.2 Å². The molecule has 1 N–H and O–H groups in total. The number of aryl methyl sites for hydroxylation is 4. The van der Waals surface area contributed by atoms with Gasteiger partial charge in [-0.1, -0.05) is 0 Å². The van der Waals surface area contributed by atoms with Crippen molar-refractivity contribution in [3.05, 3.63) is 36.4 Å². The normalized spacial score (nSPS) is 17.4. The molecule has 2 aliphatic heterocycles. The molecule has 2 saturated heterocycles. The maximum absolute atomic E-state index is 12.0. The number of hydrogen-bond donors (Lipinski definition) is 1. The molecule has 37 heavy (non-hydrogen) atoms. The van der Waals surface area contributed by atoms with Crippen molar-refractivity contribution in [2.75, 3.05) is 26.2 Å². The molecule has 0 aliphatic carbocycles. The first kappa shape index (κ1) is 29.2. The maximum Gasteiger partial charge on any atom is 0.410 e. The van der Waals surface area contributed by atoms with Crippen LogP contribution in [-0.2, 0) is 17.8 Å². The number of carbonyl (C=O) groups is 1. The van der Waals surface area contributed by atoms with Crippen LogP contribution in [0.1, 0.15) is 83.5 Å². The second-order valence-corrected chi connectivity index (χ2v) is 11.9. The SMILES string of the molecule is Cc1cn(CCCC2CCN(C(=O)OC(C)(C)C)CC2)cn1.Cc1cn(CCCC2CCNCC2)cn1. The predicted molar refractivity (Wildman–Crippen MR) is 149 cm³/mol. The van der Waals surface area contributed by atoms with Crippen molar-refractivity contribution >= 4 is 6.09 Å². The third-order valence-corrected chi connectivity index (χ3v) is 7.31. The monoisotopic (exact) mass is 514 g/mol. The van der Waals surface area contributed by atoms with Crippen LogP contribution in [0.5, 0.6) is 0 Å². The first-order valence-corrected chi connectivity index (χ1v) is 14.3. The Morgan fingerprint density at radius 3 is 1.81 bits per heavy atom. The molecule has 0 aromatic carbocycles. The summed E-state index contributed by atoms with van der Waals surface area (Å²) in [4.78, 5) is 22.3. The van der Waals surface area contributed by atoms with Crippen LogP contribution in [-0.4, -0.2) is 61.9 Å². The summed E-state index contributed by atoms with van der Waals surface area (Å²) in [5.74, 6) is 1.68. The van der Waals surface area contributed by atoms with E-state index >= 15 is 0 Å². The number of piperidine rings is 2. The van der Waals surface area contributed by atoms with Crippen LogP contribution in [0.25, 0.3) is 0 Å². The van der Waals surface area contributed by atoms with Gasteiger partial charge in [-0.05, 0) is 111 Å². The molecule has 8 heteroatoms. The molecule has 4 rings (SSSR count). The average Bonchev–Trinajstić information content (AvgIpc) is 3.47. The van der Waals surface area contributed by atoms with E-state index in [0.717, 1.165) is 62.2 Å². The number of hydrogen-bond acceptors (Lipinski definition) is 5. The van der Waals surface area contributed by atoms with Crippen molar-refractivity contribution < 1.29 is 9.53 Å². The lowest BCUT2D eigenvalue weighted by atomic mass is 9.92. The largest absolute Gasteiger partial charge is 0.444 e. The second-order valence-electron chi connectivity index (χ2n) is 11.9. The van der Waals surface area contributed by atoms with Crippen molar-refractivity contribution in [3.63, 3.8) is 0 Å². The lowest BCUT2D eigenvalue weighted by Gasteiger charge is -2.33. The van der Waals surface area contributed by atoms with Gasteiger partial charge < -0.3 is 24.1 Å². The van der Waals surface area contributed by atoms with E-state index in [-0.39, 0.29) is 6.09 Å². The summed E-state index contributed by atoms with van der Waals surface area (Å²) in [6.07, 6.45) is 17.9. The Morgan fingerprint density at radius 1 is 0.892 bits per heavy atom. The number of amides is 1. The zero-order valence-corrected chi connectivity index (χ0v) is 23.9. The van der Waals surface area contributed by atoms with Crippen molar-refractivity contribution in [2.24, 2.45) is 11.8 Å². The third-order valence-electron chi connectivity index (χ3n) is 7.31. The molecule has 0 spiro atoms. The van der Waals surface area contributed by atoms with E-state index in [1.54, 1.807) is 0 Å². The van der Waals surface area contributed by atoms with E-state index in [9.17, 15) is 4.79 Å². The first-order valence-electron chi connectivity index (χ1n) is 14.3. The average molecular weight is 515 g/mol. The fraction of sp³-hybridized carbons (Fsp3) is 0.759. The molecule has 2 aromatic rings. The molecule has 8 nitrogen and oxygen atoms in total. The molecular weight excluding hydrogens is 464 g/mol. The highest BCUT2D eigenvalue weighted by Gasteiger charge is 2.26. The smallest absolute Gasteiger partial charge is 0.410 e. The van der Waals surface area contributed by atoms with Gasteiger partial charge in [-0.25, -0.2) is 14.8 Å². The Bertz CT molecular complexity index is 917. The highest BCUT2D eigenvalue weighted by Crippen LogP contribution is 2.23. The van der Waals surface area contributed by atoms with Gasteiger partial charge >= 0.3 is 6.09 Å². The summed E-state index contributed by atoms with van der Waals surface area (Å²) in [6.45, 7) is 16.0. The van der Waals surface area contributed by atoms with Crippen molar-refractivity contribution in [1.29, 1.82) is 0 Å². The van der Waals surface area contributed by atoms with Gasteiger partial charge in [0.15, 0.2) is 0 Å². The molecule has 4 heterocycles. The lowest BCUT2D eigenvalue weighted by Crippen LogP contribution is -2.41. The topological polar surface area (TPSA) is 77.2 Å². The molecule has 2 aliphatic rings. The number of nitrogens with one attached hydrogen (secondary N) is 1. The van der Waals surface area contributed by atoms with Gasteiger partial charge in [-0.3, -0.25) is 0 Å². The minimum Gasteiger partial charge on any atom is -0.444 e. The molecule has 0 atom stereocenters. The summed E-state index contributed by atoms with van der Waals surface area (Å²) < 4.78 is 9.79. The number of carbonyl (C=O) groups excluding carboxylic acids is 1. The number of imidazole rings is 2. The van der Waals surface area contributed by atoms with Crippen LogP contribution in [0.2, 0.25) is 0 Å². The molecule has 0 bridgehead atoms. The molecule has 0 unspecified atom stereocenters. The van der Waals surface area contributed by atoms with Crippen LogP contribution in [0.15, 0.2) is 25.0 Å². The van der Waals surface area contributed by atoms with Gasteiger partial charge in [0.25, 0.3) is 0 Å². The summed E-state index contributed by atoms with van der Waals surface area (Å²) in [5, 5.41) is 3.41. The Kier molecular flexibility index (Phi) is 11.5. The fourth-order valence-corrected chi connectivity index (χ4v) is 5.21. The number of rotatable bonds is 8. The fourth-order valence-electron chi connectivity index (χ4n) is 5.21. The van der Waals surface area contributed by atoms with Gasteiger partial charge in [0.05, 0.1) is 24.0 Å². The van der Waals surface area contributed by atoms with Crippen molar-refractivity contribution in [2.45, 2.75) is 105 Å². The van der Waals surface area contributed by atoms with Crippen LogP contribution < -0.4 is 5.32 Å². The van der Waals surface area contributed by atoms with E-state index in [2.05, 4.69) is 36.8 Å². The molecular formula is C29H50N6O2. The molecule has 2 aromatic heterocycles. The summed E-state index contributed by atoms with van der Waals surface area (Å²) in [5.41, 5.74) is 1.79. The van der Waals surface area contributed by atoms with E-state index < -0.39 is 5.60 Å². The van der Waals surface area contributed by atoms with Crippen LogP contribution in [0.4, 0.5) is 4.79 Å². The number of aromatic nitrogens is 4. The zero-order valence-electron chi connectivity index (χ0n) is 23.9. The third kappa shape index (κ3) is 11.3. The minimum atomic E-state index is -0.406. The van der Waals surface area contributed by atoms with Crippen molar-refractivity contribution in [1.82, 2.24) is 29.3 Å². The molecule has 1 amide bonds. The van der Waals surface area contributed by atoms with Crippen LogP contribution >= 0.6 is 0 Å². The van der Waals surface area contributed by atoms with Crippen LogP contribution in [0, 0.1) is 25.7 Å². The van der Waals surface area contributed by atoms with Gasteiger partial charge in [-0.2, -0.15) is 0 Å². The van der Waals surface area contributed by atoms with E-state index in [1.165, 1.54) is 51.6 Å². The van der Waals surface area contributed by atoms with Crippen molar-refractivity contribution in [3.8, 4) is 0 Å². The summed E-state index contributed by atoms with van der Waals surface area (Å²) >= 11 is 0. The van der Waals surface area contributed by atoms with E-state index in [0.29, 0.717) is 0 Å². The Balaban J connectivity index is 0.000000220. The van der Waals surface area contributed by atoms with E-state index in [4.69, 9.17) is 4.74 Å². The standard InChI is InChI=1S/C17H29N3O2.C12H21N3/c1-14-12-19(13-18-14)9-5-6-15-7-10-20(11-8-15)16(21)22-17(2,3)4;1-11-9-15(10-14-11)8-2-3-12-4-6-13-7-5-12/h12-13,15H,5-11H2,1-4H3;9-10,12-13H,2-8H2,1H3. The molecule has 0 radical (unpaired) electrons. The Morgan fingerprint density at radius 2 is 1.38 bits per heavy atom. The Hall–Kier alpha value is -2.35. The molecule has 208 valence electrons. The van der Waals surface area contributed by atoms with Gasteiger partial charge in [0, 0.05) is 38.6 Å². The van der Waals surface area contributed by atoms with Crippen LogP contribution in [0.3, 0.4) is 0 Å². The highest BCUT2D eigenvalue weighted by molar-refractivity contribution is 5.68. The zero-order chi connectivity index (χ0) is 26.7. The minimum absolute atomic E-state index is 0.167. The lowest BCUT2D eigenvalue weighted by molar-refractivity contribution is 0.0180. The predicted octanol–water partition coefficient (Wildman–Crippen LogP) is 5.59. The summed E-state index contributed by atoms with van der Waals surface area (Å²) in [7, 11) is 0. The summed E-state index contributed by atoms with van der Waals surface area (Å²) in [6, 6.07) is 0. The molecule has 0 saturated carbocycles.